The minimum atomic E-state index is -0.701. The Kier molecular flexibility index (Phi) is 4.32. The first-order chi connectivity index (χ1) is 11.2. The molecule has 1 amide bonds. The predicted molar refractivity (Wildman–Crippen MR) is 83.6 cm³/mol. The molecule has 23 heavy (non-hydrogen) atoms. The molecule has 0 spiro atoms. The molecule has 120 valence electrons. The summed E-state index contributed by atoms with van der Waals surface area (Å²) in [6, 6.07) is 11.0. The zero-order valence-corrected chi connectivity index (χ0v) is 13.0. The normalized spacial score (nSPS) is 19.0. The number of hydrogen-bond acceptors (Lipinski definition) is 5. The third-order valence-electron chi connectivity index (χ3n) is 3.60. The van der Waals surface area contributed by atoms with Gasteiger partial charge in [-0.2, -0.15) is 0 Å². The molecule has 0 radical (unpaired) electrons. The first-order valence-corrected chi connectivity index (χ1v) is 7.37. The van der Waals surface area contributed by atoms with Gasteiger partial charge < -0.3 is 19.5 Å². The maximum absolute atomic E-state index is 12.4. The van der Waals surface area contributed by atoms with Crippen LogP contribution in [0.1, 0.15) is 12.5 Å². The molecule has 2 heterocycles. The van der Waals surface area contributed by atoms with E-state index in [4.69, 9.17) is 14.2 Å². The molecule has 0 bridgehead atoms. The highest BCUT2D eigenvalue weighted by molar-refractivity contribution is 5.82. The van der Waals surface area contributed by atoms with Crippen LogP contribution in [0.4, 0.5) is 0 Å². The lowest BCUT2D eigenvalue weighted by atomic mass is 10.1. The SMILES string of the molecule is COc1ncccc1CNC(=O)C1Oc2ccccc2OC1C. The van der Waals surface area contributed by atoms with E-state index >= 15 is 0 Å². The summed E-state index contributed by atoms with van der Waals surface area (Å²) in [7, 11) is 1.55. The summed E-state index contributed by atoms with van der Waals surface area (Å²) in [5, 5.41) is 2.84. The molecule has 1 aliphatic heterocycles. The molecule has 6 nitrogen and oxygen atoms in total. The van der Waals surface area contributed by atoms with Crippen molar-refractivity contribution in [2.45, 2.75) is 25.7 Å². The van der Waals surface area contributed by atoms with Gasteiger partial charge in [-0.25, -0.2) is 4.98 Å². The van der Waals surface area contributed by atoms with Gasteiger partial charge in [0.15, 0.2) is 11.5 Å². The molecular weight excluding hydrogens is 296 g/mol. The highest BCUT2D eigenvalue weighted by Crippen LogP contribution is 2.33. The second-order valence-electron chi connectivity index (χ2n) is 5.20. The Morgan fingerprint density at radius 3 is 2.70 bits per heavy atom. The van der Waals surface area contributed by atoms with Crippen LogP contribution < -0.4 is 19.5 Å². The lowest BCUT2D eigenvalue weighted by Gasteiger charge is -2.31. The monoisotopic (exact) mass is 314 g/mol. The molecule has 1 aromatic heterocycles. The van der Waals surface area contributed by atoms with Crippen molar-refractivity contribution in [3.05, 3.63) is 48.2 Å². The van der Waals surface area contributed by atoms with E-state index in [-0.39, 0.29) is 12.0 Å². The quantitative estimate of drug-likeness (QED) is 0.934. The summed E-state index contributed by atoms with van der Waals surface area (Å²) < 4.78 is 16.7. The van der Waals surface area contributed by atoms with E-state index in [0.29, 0.717) is 23.9 Å². The van der Waals surface area contributed by atoms with E-state index in [1.807, 2.05) is 31.2 Å². The summed E-state index contributed by atoms with van der Waals surface area (Å²) in [6.45, 7) is 2.12. The number of amides is 1. The fourth-order valence-corrected chi connectivity index (χ4v) is 2.43. The minimum Gasteiger partial charge on any atom is -0.482 e. The molecule has 0 fully saturated rings. The molecule has 0 saturated heterocycles. The summed E-state index contributed by atoms with van der Waals surface area (Å²) in [5.74, 6) is 1.48. The van der Waals surface area contributed by atoms with E-state index < -0.39 is 6.10 Å². The summed E-state index contributed by atoms with van der Waals surface area (Å²) in [4.78, 5) is 16.5. The molecule has 1 aliphatic rings. The molecular formula is C17H18N2O4. The van der Waals surface area contributed by atoms with Crippen molar-refractivity contribution in [2.75, 3.05) is 7.11 Å². The van der Waals surface area contributed by atoms with Crippen molar-refractivity contribution in [1.82, 2.24) is 10.3 Å². The molecule has 2 unspecified atom stereocenters. The molecule has 2 aromatic rings. The van der Waals surface area contributed by atoms with Gasteiger partial charge in [-0.15, -0.1) is 0 Å². The van der Waals surface area contributed by atoms with E-state index in [1.54, 1.807) is 25.4 Å². The molecule has 6 heteroatoms. The van der Waals surface area contributed by atoms with E-state index in [2.05, 4.69) is 10.3 Å². The number of fused-ring (bicyclic) bond motifs is 1. The van der Waals surface area contributed by atoms with Crippen LogP contribution in [0.25, 0.3) is 0 Å². The fraction of sp³-hybridized carbons (Fsp3) is 0.294. The largest absolute Gasteiger partial charge is 0.482 e. The number of pyridine rings is 1. The first-order valence-electron chi connectivity index (χ1n) is 7.37. The number of hydrogen-bond donors (Lipinski definition) is 1. The minimum absolute atomic E-state index is 0.238. The number of ether oxygens (including phenoxy) is 3. The van der Waals surface area contributed by atoms with Gasteiger partial charge >= 0.3 is 0 Å². The molecule has 3 rings (SSSR count). The Morgan fingerprint density at radius 2 is 1.96 bits per heavy atom. The summed E-state index contributed by atoms with van der Waals surface area (Å²) in [6.07, 6.45) is 0.564. The average Bonchev–Trinajstić information content (AvgIpc) is 2.59. The predicted octanol–water partition coefficient (Wildman–Crippen LogP) is 1.93. The Labute approximate surface area is 134 Å². The standard InChI is InChI=1S/C17H18N2O4/c1-11-15(23-14-8-4-3-7-13(14)22-11)16(20)19-10-12-6-5-9-18-17(12)21-2/h3-9,11,15H,10H2,1-2H3,(H,19,20). The van der Waals surface area contributed by atoms with Gasteiger partial charge in [0, 0.05) is 18.3 Å². The summed E-state index contributed by atoms with van der Waals surface area (Å²) in [5.41, 5.74) is 0.799. The van der Waals surface area contributed by atoms with Crippen molar-refractivity contribution in [1.29, 1.82) is 0 Å². The van der Waals surface area contributed by atoms with Crippen LogP contribution in [0.2, 0.25) is 0 Å². The topological polar surface area (TPSA) is 69.7 Å². The Bertz CT molecular complexity index is 704. The molecule has 1 N–H and O–H groups in total. The van der Waals surface area contributed by atoms with Gasteiger partial charge in [0.05, 0.1) is 7.11 Å². The van der Waals surface area contributed by atoms with E-state index in [1.165, 1.54) is 0 Å². The van der Waals surface area contributed by atoms with Crippen LogP contribution in [0.15, 0.2) is 42.6 Å². The Morgan fingerprint density at radius 1 is 1.22 bits per heavy atom. The van der Waals surface area contributed by atoms with Crippen molar-refractivity contribution in [3.8, 4) is 17.4 Å². The molecule has 0 saturated carbocycles. The van der Waals surface area contributed by atoms with Crippen LogP contribution in [0.3, 0.4) is 0 Å². The highest BCUT2D eigenvalue weighted by Gasteiger charge is 2.33. The van der Waals surface area contributed by atoms with Crippen molar-refractivity contribution in [2.24, 2.45) is 0 Å². The molecule has 0 aliphatic carbocycles. The Hall–Kier alpha value is -2.76. The van der Waals surface area contributed by atoms with Crippen molar-refractivity contribution < 1.29 is 19.0 Å². The molecule has 1 aromatic carbocycles. The van der Waals surface area contributed by atoms with Gasteiger partial charge in [0.2, 0.25) is 12.0 Å². The zero-order valence-electron chi connectivity index (χ0n) is 13.0. The van der Waals surface area contributed by atoms with E-state index in [0.717, 1.165) is 5.56 Å². The number of benzene rings is 1. The zero-order chi connectivity index (χ0) is 16.2. The second kappa shape index (κ2) is 6.56. The smallest absolute Gasteiger partial charge is 0.265 e. The van der Waals surface area contributed by atoms with Gasteiger partial charge in [-0.3, -0.25) is 4.79 Å². The highest BCUT2D eigenvalue weighted by atomic mass is 16.6. The van der Waals surface area contributed by atoms with Crippen LogP contribution in [-0.4, -0.2) is 30.2 Å². The van der Waals surface area contributed by atoms with Gasteiger partial charge in [0.25, 0.3) is 5.91 Å². The van der Waals surface area contributed by atoms with Crippen molar-refractivity contribution >= 4 is 5.91 Å². The fourth-order valence-electron chi connectivity index (χ4n) is 2.43. The molecule has 2 atom stereocenters. The van der Waals surface area contributed by atoms with Crippen LogP contribution in [-0.2, 0) is 11.3 Å². The number of para-hydroxylation sites is 2. The number of carbonyl (C=O) groups is 1. The van der Waals surface area contributed by atoms with Gasteiger partial charge in [0.1, 0.15) is 6.10 Å². The average molecular weight is 314 g/mol. The summed E-state index contributed by atoms with van der Waals surface area (Å²) >= 11 is 0. The number of nitrogens with zero attached hydrogens (tertiary/aromatic N) is 1. The van der Waals surface area contributed by atoms with Crippen molar-refractivity contribution in [3.63, 3.8) is 0 Å². The second-order valence-corrected chi connectivity index (χ2v) is 5.20. The first kappa shape index (κ1) is 15.1. The maximum atomic E-state index is 12.4. The lowest BCUT2D eigenvalue weighted by Crippen LogP contribution is -2.48. The third kappa shape index (κ3) is 3.21. The van der Waals surface area contributed by atoms with Gasteiger partial charge in [-0.1, -0.05) is 18.2 Å². The number of nitrogens with one attached hydrogen (secondary N) is 1. The van der Waals surface area contributed by atoms with Crippen LogP contribution in [0, 0.1) is 0 Å². The van der Waals surface area contributed by atoms with E-state index in [9.17, 15) is 4.79 Å². The van der Waals surface area contributed by atoms with Gasteiger partial charge in [-0.05, 0) is 25.1 Å². The lowest BCUT2D eigenvalue weighted by molar-refractivity contribution is -0.133. The van der Waals surface area contributed by atoms with Crippen LogP contribution in [0.5, 0.6) is 17.4 Å². The van der Waals surface area contributed by atoms with Crippen LogP contribution >= 0.6 is 0 Å². The number of aromatic nitrogens is 1. The number of methoxy groups -OCH3 is 1. The Balaban J connectivity index is 1.67. The number of rotatable bonds is 4. The number of carbonyl (C=O) groups excluding carboxylic acids is 1. The third-order valence-corrected chi connectivity index (χ3v) is 3.60. The maximum Gasteiger partial charge on any atom is 0.265 e.